The van der Waals surface area contributed by atoms with Crippen molar-refractivity contribution in [3.8, 4) is 0 Å². The quantitative estimate of drug-likeness (QED) is 0.566. The van der Waals surface area contributed by atoms with Crippen LogP contribution in [0.25, 0.3) is 0 Å². The third kappa shape index (κ3) is 6.43. The van der Waals surface area contributed by atoms with Crippen molar-refractivity contribution in [2.75, 3.05) is 6.26 Å². The van der Waals surface area contributed by atoms with E-state index >= 15 is 0 Å². The normalized spacial score (nSPS) is 28.5. The van der Waals surface area contributed by atoms with Crippen LogP contribution in [0.2, 0.25) is 18.8 Å². The topological polar surface area (TPSA) is 43.4 Å². The molecule has 0 atom stereocenters. The van der Waals surface area contributed by atoms with Crippen LogP contribution in [0.15, 0.2) is 0 Å². The van der Waals surface area contributed by atoms with Crippen LogP contribution in [0, 0.1) is 0 Å². The molecule has 0 unspecified atom stereocenters. The summed E-state index contributed by atoms with van der Waals surface area (Å²) in [5.74, 6) is 0. The summed E-state index contributed by atoms with van der Waals surface area (Å²) in [5, 5.41) is 0. The van der Waals surface area contributed by atoms with Crippen molar-refractivity contribution in [2.24, 2.45) is 0 Å². The second kappa shape index (κ2) is 6.24. The Kier molecular flexibility index (Phi) is 5.79. The van der Waals surface area contributed by atoms with Crippen molar-refractivity contribution in [3.05, 3.63) is 0 Å². The predicted octanol–water partition coefficient (Wildman–Crippen LogP) is 3.39. The Morgan fingerprint density at radius 3 is 1.82 bits per heavy atom. The van der Waals surface area contributed by atoms with Gasteiger partial charge in [-0.3, -0.25) is 0 Å². The molecule has 0 aromatic rings. The van der Waals surface area contributed by atoms with E-state index in [1.807, 2.05) is 0 Å². The van der Waals surface area contributed by atoms with Crippen LogP contribution >= 0.6 is 0 Å². The minimum absolute atomic E-state index is 0.0684. The summed E-state index contributed by atoms with van der Waals surface area (Å²) in [6.45, 7) is 0. The monoisotopic (exact) mass is 370 g/mol. The van der Waals surface area contributed by atoms with E-state index in [2.05, 4.69) is 14.8 Å². The summed E-state index contributed by atoms with van der Waals surface area (Å²) in [5.41, 5.74) is 0. The first-order valence-corrected chi connectivity index (χ1v) is 18.6. The van der Waals surface area contributed by atoms with Gasteiger partial charge in [-0.15, -0.1) is 0 Å². The van der Waals surface area contributed by atoms with Crippen molar-refractivity contribution >= 4 is 28.5 Å². The molecule has 1 saturated carbocycles. The zero-order valence-corrected chi connectivity index (χ0v) is 15.2. The molecule has 5 heteroatoms. The molecule has 0 aromatic carbocycles. The van der Waals surface area contributed by atoms with E-state index in [1.165, 1.54) is 12.8 Å². The van der Waals surface area contributed by atoms with Gasteiger partial charge in [0.2, 0.25) is 0 Å². The van der Waals surface area contributed by atoms with Crippen molar-refractivity contribution in [3.63, 3.8) is 0 Å². The molecule has 1 aliphatic carbocycles. The zero-order chi connectivity index (χ0) is 13.1. The molecule has 17 heavy (non-hydrogen) atoms. The summed E-state index contributed by atoms with van der Waals surface area (Å²) in [6, 6.07) is 0. The number of rotatable bonds is 3. The summed E-state index contributed by atoms with van der Waals surface area (Å²) < 4.78 is 28.3. The molecule has 1 aliphatic rings. The second-order valence-corrected chi connectivity index (χ2v) is 23.8. The third-order valence-corrected chi connectivity index (χ3v) is 13.0. The van der Waals surface area contributed by atoms with Gasteiger partial charge in [0.15, 0.2) is 0 Å². The van der Waals surface area contributed by atoms with Crippen LogP contribution in [-0.4, -0.2) is 39.2 Å². The predicted molar refractivity (Wildman–Crippen MR) is 74.5 cm³/mol. The van der Waals surface area contributed by atoms with Crippen LogP contribution in [0.4, 0.5) is 0 Å². The summed E-state index contributed by atoms with van der Waals surface area (Å²) >= 11 is -1.76. The molecule has 0 amide bonds. The molecule has 0 saturated heterocycles. The fourth-order valence-corrected chi connectivity index (χ4v) is 9.48. The molecule has 102 valence electrons. The molecule has 0 heterocycles. The number of hydrogen-bond donors (Lipinski definition) is 0. The van der Waals surface area contributed by atoms with Gasteiger partial charge in [0, 0.05) is 0 Å². The fourth-order valence-electron chi connectivity index (χ4n) is 2.68. The fraction of sp³-hybridized carbons (Fsp3) is 1.00. The first-order valence-electron chi connectivity index (χ1n) is 6.57. The van der Waals surface area contributed by atoms with Crippen molar-refractivity contribution in [1.29, 1.82) is 0 Å². The van der Waals surface area contributed by atoms with Crippen LogP contribution in [0.3, 0.4) is 0 Å². The van der Waals surface area contributed by atoms with Gasteiger partial charge < -0.3 is 0 Å². The minimum atomic E-state index is -3.28. The van der Waals surface area contributed by atoms with Crippen LogP contribution < -0.4 is 0 Å². The van der Waals surface area contributed by atoms with Crippen LogP contribution in [0.1, 0.15) is 38.5 Å². The van der Waals surface area contributed by atoms with Crippen LogP contribution in [-0.2, 0) is 14.3 Å². The van der Waals surface area contributed by atoms with Gasteiger partial charge in [0.05, 0.1) is 0 Å². The second-order valence-electron chi connectivity index (χ2n) is 6.35. The van der Waals surface area contributed by atoms with Gasteiger partial charge in [0.1, 0.15) is 0 Å². The van der Waals surface area contributed by atoms with E-state index in [-0.39, 0.29) is 6.10 Å². The average Bonchev–Trinajstić information content (AvgIpc) is 2.04. The van der Waals surface area contributed by atoms with Crippen molar-refractivity contribution in [1.82, 2.24) is 0 Å². The molecular formula is C12H26O3SSn. The summed E-state index contributed by atoms with van der Waals surface area (Å²) in [4.78, 5) is 7.52. The molecule has 0 bridgehead atoms. The van der Waals surface area contributed by atoms with E-state index in [0.29, 0.717) is 0 Å². The van der Waals surface area contributed by atoms with Crippen LogP contribution in [0.5, 0.6) is 0 Å². The van der Waals surface area contributed by atoms with E-state index in [9.17, 15) is 8.42 Å². The van der Waals surface area contributed by atoms with Gasteiger partial charge in [-0.25, -0.2) is 0 Å². The van der Waals surface area contributed by atoms with Gasteiger partial charge in [-0.05, 0) is 0 Å². The molecule has 0 aromatic heterocycles. The van der Waals surface area contributed by atoms with E-state index in [0.717, 1.165) is 35.9 Å². The molecule has 1 fully saturated rings. The summed E-state index contributed by atoms with van der Waals surface area (Å²) in [7, 11) is -3.28. The third-order valence-electron chi connectivity index (χ3n) is 3.69. The van der Waals surface area contributed by atoms with Gasteiger partial charge in [-0.2, -0.15) is 0 Å². The molecular weight excluding hydrogens is 343 g/mol. The zero-order valence-electron chi connectivity index (χ0n) is 11.5. The molecule has 0 aliphatic heterocycles. The van der Waals surface area contributed by atoms with Crippen molar-refractivity contribution < 1.29 is 12.6 Å². The molecule has 3 nitrogen and oxygen atoms in total. The SMILES string of the molecule is CS(=O)(=O)OC1CCC[CH]([Sn]([CH3])([CH3])[CH3])CCC1. The van der Waals surface area contributed by atoms with E-state index in [4.69, 9.17) is 4.18 Å². The Balaban J connectivity index is 2.48. The van der Waals surface area contributed by atoms with Crippen molar-refractivity contribution in [2.45, 2.75) is 63.4 Å². The molecule has 0 N–H and O–H groups in total. The van der Waals surface area contributed by atoms with E-state index < -0.39 is 28.5 Å². The summed E-state index contributed by atoms with van der Waals surface area (Å²) in [6.07, 6.45) is 7.71. The molecule has 0 spiro atoms. The first kappa shape index (κ1) is 15.8. The van der Waals surface area contributed by atoms with Gasteiger partial charge in [0.25, 0.3) is 0 Å². The molecule has 1 rings (SSSR count). The van der Waals surface area contributed by atoms with Gasteiger partial charge >= 0.3 is 111 Å². The van der Waals surface area contributed by atoms with E-state index in [1.54, 1.807) is 0 Å². The Hall–Kier alpha value is 0.709. The standard InChI is InChI=1S/C9H17O3S.3CH3.Sn/c1-13(10,11)12-9-7-5-3-2-4-6-8-9;;;;/h2,9H,3-8H2,1H3;3*1H3;. The van der Waals surface area contributed by atoms with Gasteiger partial charge in [-0.1, -0.05) is 0 Å². The number of hydrogen-bond acceptors (Lipinski definition) is 3. The Morgan fingerprint density at radius 1 is 1.00 bits per heavy atom. The average molecular weight is 369 g/mol. The maximum absolute atomic E-state index is 11.1. The maximum atomic E-state index is 11.1. The Morgan fingerprint density at radius 2 is 1.47 bits per heavy atom. The Bertz CT molecular complexity index is 322. The first-order chi connectivity index (χ1) is 7.68. The Labute approximate surface area is 110 Å². The molecule has 0 radical (unpaired) electrons.